The molecule has 3 rings (SSSR count). The standard InChI is InChI=1S/C18H23ClN4O2/c1-13(2)25-11-16-17-10-22(8-3-9-23(17)12-20-16)18(24)21-15-6-4-14(19)5-7-15/h4-7,12-13H,3,8-11H2,1-2H3,(H,21,24). The number of aromatic nitrogens is 2. The number of urea groups is 1. The first-order valence-electron chi connectivity index (χ1n) is 8.49. The zero-order valence-electron chi connectivity index (χ0n) is 14.5. The second-order valence-electron chi connectivity index (χ2n) is 6.40. The molecule has 0 fully saturated rings. The molecule has 2 heterocycles. The fraction of sp³-hybridized carbons (Fsp3) is 0.444. The molecular weight excluding hydrogens is 340 g/mol. The Balaban J connectivity index is 1.70. The maximum atomic E-state index is 12.6. The van der Waals surface area contributed by atoms with Gasteiger partial charge in [-0.05, 0) is 44.5 Å². The molecule has 2 aromatic rings. The molecular formula is C18H23ClN4O2. The van der Waals surface area contributed by atoms with Crippen molar-refractivity contribution in [1.29, 1.82) is 0 Å². The summed E-state index contributed by atoms with van der Waals surface area (Å²) in [7, 11) is 0. The predicted molar refractivity (Wildman–Crippen MR) is 97.6 cm³/mol. The zero-order valence-corrected chi connectivity index (χ0v) is 15.3. The molecule has 0 spiro atoms. The Kier molecular flexibility index (Phi) is 5.60. The predicted octanol–water partition coefficient (Wildman–Crippen LogP) is 3.90. The molecule has 0 atom stereocenters. The molecule has 0 radical (unpaired) electrons. The van der Waals surface area contributed by atoms with Crippen LogP contribution in [0.15, 0.2) is 30.6 Å². The van der Waals surface area contributed by atoms with Crippen molar-refractivity contribution in [3.63, 3.8) is 0 Å². The SMILES string of the molecule is CC(C)OCc1ncn2c1CN(C(=O)Nc1ccc(Cl)cc1)CCC2. The van der Waals surface area contributed by atoms with E-state index in [9.17, 15) is 4.79 Å². The number of nitrogens with one attached hydrogen (secondary N) is 1. The first-order valence-corrected chi connectivity index (χ1v) is 8.86. The third-order valence-electron chi connectivity index (χ3n) is 4.14. The molecule has 0 saturated carbocycles. The Morgan fingerprint density at radius 3 is 2.80 bits per heavy atom. The van der Waals surface area contributed by atoms with Gasteiger partial charge in [-0.3, -0.25) is 0 Å². The van der Waals surface area contributed by atoms with Gasteiger partial charge in [0.25, 0.3) is 0 Å². The van der Waals surface area contributed by atoms with E-state index in [1.165, 1.54) is 0 Å². The lowest BCUT2D eigenvalue weighted by Gasteiger charge is -2.21. The van der Waals surface area contributed by atoms with Gasteiger partial charge in [0.2, 0.25) is 0 Å². The van der Waals surface area contributed by atoms with Crippen molar-refractivity contribution in [3.05, 3.63) is 47.0 Å². The number of hydrogen-bond acceptors (Lipinski definition) is 3. The summed E-state index contributed by atoms with van der Waals surface area (Å²) in [6, 6.07) is 6.99. The molecule has 1 aromatic carbocycles. The van der Waals surface area contributed by atoms with Crippen LogP contribution in [0.3, 0.4) is 0 Å². The quantitative estimate of drug-likeness (QED) is 0.897. The summed E-state index contributed by atoms with van der Waals surface area (Å²) in [4.78, 5) is 18.9. The van der Waals surface area contributed by atoms with Gasteiger partial charge in [0.15, 0.2) is 0 Å². The summed E-state index contributed by atoms with van der Waals surface area (Å²) in [5, 5.41) is 3.57. The normalized spacial score (nSPS) is 14.3. The number of imidazole rings is 1. The van der Waals surface area contributed by atoms with E-state index in [1.807, 2.05) is 25.1 Å². The molecule has 1 N–H and O–H groups in total. The van der Waals surface area contributed by atoms with E-state index in [-0.39, 0.29) is 12.1 Å². The van der Waals surface area contributed by atoms with E-state index < -0.39 is 0 Å². The number of nitrogens with zero attached hydrogens (tertiary/aromatic N) is 3. The minimum absolute atomic E-state index is 0.118. The van der Waals surface area contributed by atoms with Crippen LogP contribution in [-0.4, -0.2) is 33.1 Å². The van der Waals surface area contributed by atoms with Crippen LogP contribution < -0.4 is 5.32 Å². The monoisotopic (exact) mass is 362 g/mol. The molecule has 0 saturated heterocycles. The van der Waals surface area contributed by atoms with Crippen LogP contribution in [-0.2, 0) is 24.4 Å². The maximum absolute atomic E-state index is 12.6. The lowest BCUT2D eigenvalue weighted by Crippen LogP contribution is -2.34. The number of benzene rings is 1. The van der Waals surface area contributed by atoms with Crippen LogP contribution in [0.1, 0.15) is 31.7 Å². The largest absolute Gasteiger partial charge is 0.372 e. The van der Waals surface area contributed by atoms with E-state index in [4.69, 9.17) is 16.3 Å². The van der Waals surface area contributed by atoms with Crippen molar-refractivity contribution >= 4 is 23.3 Å². The molecule has 1 aliphatic heterocycles. The number of ether oxygens (including phenoxy) is 1. The van der Waals surface area contributed by atoms with Crippen molar-refractivity contribution in [2.75, 3.05) is 11.9 Å². The summed E-state index contributed by atoms with van der Waals surface area (Å²) in [6.45, 7) is 6.55. The highest BCUT2D eigenvalue weighted by atomic mass is 35.5. The van der Waals surface area contributed by atoms with E-state index in [0.717, 1.165) is 30.0 Å². The Bertz CT molecular complexity index is 727. The number of carbonyl (C=O) groups is 1. The number of amides is 2. The Hall–Kier alpha value is -2.05. The van der Waals surface area contributed by atoms with Gasteiger partial charge in [0, 0.05) is 23.8 Å². The highest BCUT2D eigenvalue weighted by Crippen LogP contribution is 2.19. The number of anilines is 1. The van der Waals surface area contributed by atoms with Crippen molar-refractivity contribution in [2.24, 2.45) is 0 Å². The molecule has 25 heavy (non-hydrogen) atoms. The van der Waals surface area contributed by atoms with Gasteiger partial charge in [0.1, 0.15) is 0 Å². The number of hydrogen-bond donors (Lipinski definition) is 1. The van der Waals surface area contributed by atoms with Crippen molar-refractivity contribution < 1.29 is 9.53 Å². The fourth-order valence-electron chi connectivity index (χ4n) is 2.79. The summed E-state index contributed by atoms with van der Waals surface area (Å²) in [5.74, 6) is 0. The van der Waals surface area contributed by atoms with E-state index >= 15 is 0 Å². The first kappa shape index (κ1) is 17.8. The minimum atomic E-state index is -0.118. The van der Waals surface area contributed by atoms with Crippen LogP contribution in [0, 0.1) is 0 Å². The molecule has 6 nitrogen and oxygen atoms in total. The molecule has 2 amide bonds. The third kappa shape index (κ3) is 4.52. The average Bonchev–Trinajstić information content (AvgIpc) is 2.83. The van der Waals surface area contributed by atoms with Gasteiger partial charge in [-0.1, -0.05) is 11.6 Å². The lowest BCUT2D eigenvalue weighted by atomic mass is 10.3. The molecule has 7 heteroatoms. The van der Waals surface area contributed by atoms with Gasteiger partial charge in [-0.25, -0.2) is 9.78 Å². The number of fused-ring (bicyclic) bond motifs is 1. The van der Waals surface area contributed by atoms with Crippen LogP contribution in [0.2, 0.25) is 5.02 Å². The summed E-state index contributed by atoms with van der Waals surface area (Å²) < 4.78 is 7.81. The lowest BCUT2D eigenvalue weighted by molar-refractivity contribution is 0.0630. The van der Waals surface area contributed by atoms with Gasteiger partial charge in [0.05, 0.1) is 37.0 Å². The van der Waals surface area contributed by atoms with Gasteiger partial charge in [-0.15, -0.1) is 0 Å². The fourth-order valence-corrected chi connectivity index (χ4v) is 2.92. The average molecular weight is 363 g/mol. The van der Waals surface area contributed by atoms with Crippen molar-refractivity contribution in [2.45, 2.75) is 46.1 Å². The first-order chi connectivity index (χ1) is 12.0. The number of halogens is 1. The molecule has 1 aliphatic rings. The second kappa shape index (κ2) is 7.89. The second-order valence-corrected chi connectivity index (χ2v) is 6.84. The minimum Gasteiger partial charge on any atom is -0.372 e. The Morgan fingerprint density at radius 2 is 2.08 bits per heavy atom. The van der Waals surface area contributed by atoms with Gasteiger partial charge in [-0.2, -0.15) is 0 Å². The van der Waals surface area contributed by atoms with E-state index in [2.05, 4.69) is 14.9 Å². The van der Waals surface area contributed by atoms with Crippen LogP contribution in [0.25, 0.3) is 0 Å². The molecule has 0 bridgehead atoms. The number of carbonyl (C=O) groups excluding carboxylic acids is 1. The number of aryl methyl sites for hydroxylation is 1. The van der Waals surface area contributed by atoms with Crippen LogP contribution >= 0.6 is 11.6 Å². The zero-order chi connectivity index (χ0) is 17.8. The topological polar surface area (TPSA) is 59.4 Å². The molecule has 0 unspecified atom stereocenters. The number of rotatable bonds is 4. The Morgan fingerprint density at radius 1 is 1.32 bits per heavy atom. The molecule has 134 valence electrons. The third-order valence-corrected chi connectivity index (χ3v) is 4.39. The van der Waals surface area contributed by atoms with E-state index in [1.54, 1.807) is 24.3 Å². The van der Waals surface area contributed by atoms with Crippen LogP contribution in [0.4, 0.5) is 10.5 Å². The highest BCUT2D eigenvalue weighted by molar-refractivity contribution is 6.30. The summed E-state index contributed by atoms with van der Waals surface area (Å²) >= 11 is 5.89. The Labute approximate surface area is 152 Å². The smallest absolute Gasteiger partial charge is 0.322 e. The van der Waals surface area contributed by atoms with Crippen molar-refractivity contribution in [3.8, 4) is 0 Å². The van der Waals surface area contributed by atoms with Crippen molar-refractivity contribution in [1.82, 2.24) is 14.5 Å². The molecule has 0 aliphatic carbocycles. The molecule has 1 aromatic heterocycles. The highest BCUT2D eigenvalue weighted by Gasteiger charge is 2.22. The maximum Gasteiger partial charge on any atom is 0.322 e. The van der Waals surface area contributed by atoms with Crippen LogP contribution in [0.5, 0.6) is 0 Å². The summed E-state index contributed by atoms with van der Waals surface area (Å²) in [5.41, 5.74) is 2.68. The van der Waals surface area contributed by atoms with Gasteiger partial charge < -0.3 is 19.5 Å². The van der Waals surface area contributed by atoms with E-state index in [0.29, 0.717) is 24.7 Å². The van der Waals surface area contributed by atoms with Gasteiger partial charge >= 0.3 is 6.03 Å². The summed E-state index contributed by atoms with van der Waals surface area (Å²) in [6.07, 6.45) is 2.88.